The Balaban J connectivity index is 1.91. The van der Waals surface area contributed by atoms with Crippen molar-refractivity contribution in [3.63, 3.8) is 0 Å². The standard InChI is InChI=1S/C8H10O3S/c1-9-7-4-12-5-8(7)11-3-6-2-10-6/h4-6H,2-3H2,1H3. The first-order chi connectivity index (χ1) is 5.90. The van der Waals surface area contributed by atoms with Gasteiger partial charge in [-0.1, -0.05) is 0 Å². The molecule has 1 aromatic heterocycles. The molecule has 4 heteroatoms. The molecule has 12 heavy (non-hydrogen) atoms. The summed E-state index contributed by atoms with van der Waals surface area (Å²) in [5.41, 5.74) is 0. The monoisotopic (exact) mass is 186 g/mol. The molecule has 1 fully saturated rings. The van der Waals surface area contributed by atoms with Crippen molar-refractivity contribution in [1.29, 1.82) is 0 Å². The van der Waals surface area contributed by atoms with E-state index in [1.165, 1.54) is 0 Å². The molecular weight excluding hydrogens is 176 g/mol. The van der Waals surface area contributed by atoms with E-state index in [9.17, 15) is 0 Å². The summed E-state index contributed by atoms with van der Waals surface area (Å²) in [5.74, 6) is 1.62. The zero-order valence-corrected chi connectivity index (χ0v) is 7.60. The van der Waals surface area contributed by atoms with Gasteiger partial charge in [0.25, 0.3) is 0 Å². The second kappa shape index (κ2) is 3.33. The van der Waals surface area contributed by atoms with Crippen LogP contribution in [-0.4, -0.2) is 26.4 Å². The van der Waals surface area contributed by atoms with Crippen molar-refractivity contribution < 1.29 is 14.2 Å². The molecule has 0 spiro atoms. The zero-order chi connectivity index (χ0) is 8.39. The Morgan fingerprint density at radius 2 is 2.33 bits per heavy atom. The van der Waals surface area contributed by atoms with Gasteiger partial charge in [-0.05, 0) is 0 Å². The summed E-state index contributed by atoms with van der Waals surface area (Å²) >= 11 is 1.57. The summed E-state index contributed by atoms with van der Waals surface area (Å²) in [6, 6.07) is 0. The average molecular weight is 186 g/mol. The number of hydrogen-bond donors (Lipinski definition) is 0. The molecular formula is C8H10O3S. The summed E-state index contributed by atoms with van der Waals surface area (Å²) in [6.07, 6.45) is 0.301. The maximum Gasteiger partial charge on any atom is 0.171 e. The molecule has 1 aliphatic heterocycles. The molecule has 0 radical (unpaired) electrons. The minimum Gasteiger partial charge on any atom is -0.492 e. The van der Waals surface area contributed by atoms with Gasteiger partial charge in [-0.25, -0.2) is 0 Å². The van der Waals surface area contributed by atoms with Crippen molar-refractivity contribution in [3.8, 4) is 11.5 Å². The molecule has 0 saturated carbocycles. The second-order valence-corrected chi connectivity index (χ2v) is 3.31. The van der Waals surface area contributed by atoms with Crippen molar-refractivity contribution in [2.75, 3.05) is 20.3 Å². The first kappa shape index (κ1) is 7.89. The van der Waals surface area contributed by atoms with Crippen LogP contribution in [0.25, 0.3) is 0 Å². The minimum atomic E-state index is 0.301. The van der Waals surface area contributed by atoms with Crippen LogP contribution in [0.4, 0.5) is 0 Å². The Kier molecular flexibility index (Phi) is 2.19. The van der Waals surface area contributed by atoms with Crippen LogP contribution >= 0.6 is 11.3 Å². The van der Waals surface area contributed by atoms with Gasteiger partial charge in [-0.2, -0.15) is 0 Å². The topological polar surface area (TPSA) is 31.0 Å². The number of epoxide rings is 1. The van der Waals surface area contributed by atoms with Gasteiger partial charge in [0.1, 0.15) is 12.7 Å². The molecule has 2 rings (SSSR count). The molecule has 0 aromatic carbocycles. The summed E-state index contributed by atoms with van der Waals surface area (Å²) in [4.78, 5) is 0. The van der Waals surface area contributed by atoms with E-state index in [1.54, 1.807) is 18.4 Å². The Morgan fingerprint density at radius 1 is 1.58 bits per heavy atom. The molecule has 3 nitrogen and oxygen atoms in total. The third-order valence-corrected chi connectivity index (χ3v) is 2.34. The van der Waals surface area contributed by atoms with Gasteiger partial charge in [0.05, 0.1) is 13.7 Å². The first-order valence-corrected chi connectivity index (χ1v) is 4.69. The lowest BCUT2D eigenvalue weighted by atomic mass is 10.5. The predicted octanol–water partition coefficient (Wildman–Crippen LogP) is 1.53. The van der Waals surface area contributed by atoms with Crippen LogP contribution in [-0.2, 0) is 4.74 Å². The highest BCUT2D eigenvalue weighted by Gasteiger charge is 2.23. The highest BCUT2D eigenvalue weighted by molar-refractivity contribution is 7.08. The Morgan fingerprint density at radius 3 is 3.00 bits per heavy atom. The molecule has 1 unspecified atom stereocenters. The molecule has 0 amide bonds. The first-order valence-electron chi connectivity index (χ1n) is 3.74. The van der Waals surface area contributed by atoms with E-state index in [2.05, 4.69) is 0 Å². The summed E-state index contributed by atoms with van der Waals surface area (Å²) in [5, 5.41) is 3.85. The largest absolute Gasteiger partial charge is 0.492 e. The van der Waals surface area contributed by atoms with Crippen LogP contribution in [0.15, 0.2) is 10.8 Å². The number of methoxy groups -OCH3 is 1. The van der Waals surface area contributed by atoms with E-state index in [-0.39, 0.29) is 0 Å². The van der Waals surface area contributed by atoms with Gasteiger partial charge in [0.15, 0.2) is 11.5 Å². The molecule has 1 atom stereocenters. The summed E-state index contributed by atoms with van der Waals surface area (Å²) < 4.78 is 15.6. The molecule has 1 saturated heterocycles. The van der Waals surface area contributed by atoms with Gasteiger partial charge in [0, 0.05) is 10.8 Å². The Bertz CT molecular complexity index is 255. The second-order valence-electron chi connectivity index (χ2n) is 2.57. The summed E-state index contributed by atoms with van der Waals surface area (Å²) in [7, 11) is 1.64. The van der Waals surface area contributed by atoms with E-state index in [0.29, 0.717) is 12.7 Å². The lowest BCUT2D eigenvalue weighted by Gasteiger charge is -2.03. The lowest BCUT2D eigenvalue weighted by molar-refractivity contribution is 0.253. The number of thiophene rings is 1. The average Bonchev–Trinajstić information content (AvgIpc) is 2.81. The van der Waals surface area contributed by atoms with Crippen LogP contribution in [0.5, 0.6) is 11.5 Å². The Hall–Kier alpha value is -0.740. The fourth-order valence-corrected chi connectivity index (χ4v) is 1.59. The van der Waals surface area contributed by atoms with Crippen LogP contribution < -0.4 is 9.47 Å². The minimum absolute atomic E-state index is 0.301. The molecule has 0 bridgehead atoms. The molecule has 66 valence electrons. The predicted molar refractivity (Wildman–Crippen MR) is 46.1 cm³/mol. The van der Waals surface area contributed by atoms with E-state index in [1.807, 2.05) is 10.8 Å². The van der Waals surface area contributed by atoms with Crippen LogP contribution in [0.2, 0.25) is 0 Å². The third kappa shape index (κ3) is 1.70. The zero-order valence-electron chi connectivity index (χ0n) is 6.78. The molecule has 1 aromatic rings. The molecule has 0 N–H and O–H groups in total. The van der Waals surface area contributed by atoms with Crippen LogP contribution in [0.3, 0.4) is 0 Å². The van der Waals surface area contributed by atoms with Gasteiger partial charge in [-0.3, -0.25) is 0 Å². The van der Waals surface area contributed by atoms with Gasteiger partial charge in [0.2, 0.25) is 0 Å². The molecule has 1 aliphatic rings. The van der Waals surface area contributed by atoms with E-state index < -0.39 is 0 Å². The number of hydrogen-bond acceptors (Lipinski definition) is 4. The number of rotatable bonds is 4. The highest BCUT2D eigenvalue weighted by Crippen LogP contribution is 2.31. The maximum absolute atomic E-state index is 5.45. The van der Waals surface area contributed by atoms with Crippen molar-refractivity contribution in [3.05, 3.63) is 10.8 Å². The highest BCUT2D eigenvalue weighted by atomic mass is 32.1. The molecule has 2 heterocycles. The van der Waals surface area contributed by atoms with Crippen molar-refractivity contribution >= 4 is 11.3 Å². The maximum atomic E-state index is 5.45. The van der Waals surface area contributed by atoms with Gasteiger partial charge < -0.3 is 14.2 Å². The summed E-state index contributed by atoms with van der Waals surface area (Å²) in [6.45, 7) is 1.46. The van der Waals surface area contributed by atoms with E-state index >= 15 is 0 Å². The third-order valence-electron chi connectivity index (χ3n) is 1.64. The quantitative estimate of drug-likeness (QED) is 0.668. The van der Waals surface area contributed by atoms with Crippen LogP contribution in [0, 0.1) is 0 Å². The van der Waals surface area contributed by atoms with Crippen molar-refractivity contribution in [2.24, 2.45) is 0 Å². The van der Waals surface area contributed by atoms with Gasteiger partial charge in [-0.15, -0.1) is 11.3 Å². The fourth-order valence-electron chi connectivity index (χ4n) is 0.875. The van der Waals surface area contributed by atoms with Crippen molar-refractivity contribution in [2.45, 2.75) is 6.10 Å². The van der Waals surface area contributed by atoms with Gasteiger partial charge >= 0.3 is 0 Å². The molecule has 0 aliphatic carbocycles. The Labute approximate surface area is 74.9 Å². The fraction of sp³-hybridized carbons (Fsp3) is 0.500. The van der Waals surface area contributed by atoms with E-state index in [4.69, 9.17) is 14.2 Å². The SMILES string of the molecule is COc1cscc1OCC1CO1. The van der Waals surface area contributed by atoms with E-state index in [0.717, 1.165) is 18.1 Å². The van der Waals surface area contributed by atoms with Crippen molar-refractivity contribution in [1.82, 2.24) is 0 Å². The number of ether oxygens (including phenoxy) is 3. The normalized spacial score (nSPS) is 20.6. The smallest absolute Gasteiger partial charge is 0.171 e. The van der Waals surface area contributed by atoms with Crippen LogP contribution in [0.1, 0.15) is 0 Å². The lowest BCUT2D eigenvalue weighted by Crippen LogP contribution is -2.03.